The van der Waals surface area contributed by atoms with Gasteiger partial charge in [-0.15, -0.1) is 0 Å². The van der Waals surface area contributed by atoms with Gasteiger partial charge in [-0.25, -0.2) is 5.43 Å². The first kappa shape index (κ1) is 17.7. The van der Waals surface area contributed by atoms with Gasteiger partial charge >= 0.3 is 0 Å². The predicted octanol–water partition coefficient (Wildman–Crippen LogP) is 3.67. The third-order valence-electron chi connectivity index (χ3n) is 5.45. The van der Waals surface area contributed by atoms with E-state index in [1.807, 2.05) is 24.2 Å². The topological polar surface area (TPSA) is 53.6 Å². The predicted molar refractivity (Wildman–Crippen MR) is 113 cm³/mol. The molecule has 2 aromatic carbocycles. The SMILES string of the molecule is C1=Cc2ccc3c(c2CC1)CCc1ccccc1-3.CN1C=CC=NC1NN. The van der Waals surface area contributed by atoms with Crippen LogP contribution in [0, 0.1) is 0 Å². The number of aliphatic imine (C=N–C) groups is 1. The normalized spacial score (nSPS) is 18.9. The van der Waals surface area contributed by atoms with Crippen molar-refractivity contribution in [2.45, 2.75) is 32.0 Å². The Balaban J connectivity index is 0.000000170. The van der Waals surface area contributed by atoms with E-state index in [0.29, 0.717) is 0 Å². The van der Waals surface area contributed by atoms with Gasteiger partial charge in [-0.3, -0.25) is 10.8 Å². The number of hydrogen-bond donors (Lipinski definition) is 2. The molecular weight excluding hydrogens is 332 g/mol. The molecule has 0 aromatic heterocycles. The quantitative estimate of drug-likeness (QED) is 0.604. The van der Waals surface area contributed by atoms with Crippen LogP contribution in [0.25, 0.3) is 17.2 Å². The standard InChI is InChI=1S/C18H16.C5H10N4/c1-3-7-15-13(5-1)9-11-18-16-8-4-2-6-14(16)10-12-17(15)18;1-9-4-2-3-7-5(9)8-6/h1-3,5-7,10,12H,4,8-9,11H2;2-5,8H,6H2,1H3. The average molecular weight is 358 g/mol. The molecule has 0 amide bonds. The Morgan fingerprint density at radius 1 is 1.04 bits per heavy atom. The number of fused-ring (bicyclic) bond motifs is 5. The lowest BCUT2D eigenvalue weighted by atomic mass is 9.80. The molecule has 0 radical (unpaired) electrons. The molecule has 1 unspecified atom stereocenters. The number of aryl methyl sites for hydroxylation is 1. The van der Waals surface area contributed by atoms with Crippen LogP contribution in [0.4, 0.5) is 0 Å². The number of nitrogens with two attached hydrogens (primary N) is 1. The molecule has 0 fully saturated rings. The molecule has 3 N–H and O–H groups in total. The molecule has 138 valence electrons. The molecule has 1 heterocycles. The summed E-state index contributed by atoms with van der Waals surface area (Å²) in [6, 6.07) is 13.5. The van der Waals surface area contributed by atoms with Crippen LogP contribution >= 0.6 is 0 Å². The fraction of sp³-hybridized carbons (Fsp3) is 0.261. The lowest BCUT2D eigenvalue weighted by molar-refractivity contribution is 0.286. The van der Waals surface area contributed by atoms with Gasteiger partial charge in [-0.2, -0.15) is 0 Å². The monoisotopic (exact) mass is 358 g/mol. The third kappa shape index (κ3) is 3.59. The first-order valence-electron chi connectivity index (χ1n) is 9.55. The molecule has 0 saturated carbocycles. The van der Waals surface area contributed by atoms with Crippen molar-refractivity contribution in [2.24, 2.45) is 10.8 Å². The second-order valence-corrected chi connectivity index (χ2v) is 7.10. The Morgan fingerprint density at radius 3 is 2.74 bits per heavy atom. The van der Waals surface area contributed by atoms with Gasteiger partial charge in [0.25, 0.3) is 0 Å². The molecule has 2 aromatic rings. The minimum Gasteiger partial charge on any atom is -0.346 e. The van der Waals surface area contributed by atoms with Gasteiger partial charge in [0.05, 0.1) is 0 Å². The van der Waals surface area contributed by atoms with Crippen LogP contribution < -0.4 is 11.3 Å². The van der Waals surface area contributed by atoms with Crippen LogP contribution in [0.3, 0.4) is 0 Å². The van der Waals surface area contributed by atoms with E-state index in [0.717, 1.165) is 0 Å². The summed E-state index contributed by atoms with van der Waals surface area (Å²) in [5, 5.41) is 0. The number of nitrogens with zero attached hydrogens (tertiary/aromatic N) is 2. The molecule has 1 aliphatic heterocycles. The number of hydrazine groups is 1. The minimum absolute atomic E-state index is 0.102. The number of hydrogen-bond acceptors (Lipinski definition) is 4. The summed E-state index contributed by atoms with van der Waals surface area (Å²) in [6.45, 7) is 0. The van der Waals surface area contributed by atoms with Crippen LogP contribution in [-0.4, -0.2) is 24.5 Å². The van der Waals surface area contributed by atoms with E-state index >= 15 is 0 Å². The fourth-order valence-corrected chi connectivity index (χ4v) is 4.05. The second kappa shape index (κ2) is 7.91. The Hall–Kier alpha value is -2.69. The van der Waals surface area contributed by atoms with Crippen molar-refractivity contribution in [3.8, 4) is 11.1 Å². The summed E-state index contributed by atoms with van der Waals surface area (Å²) in [6.07, 6.45) is 14.8. The van der Waals surface area contributed by atoms with E-state index in [9.17, 15) is 0 Å². The van der Waals surface area contributed by atoms with Crippen LogP contribution in [0.5, 0.6) is 0 Å². The molecule has 4 nitrogen and oxygen atoms in total. The zero-order valence-electron chi connectivity index (χ0n) is 15.7. The van der Waals surface area contributed by atoms with Crippen molar-refractivity contribution in [3.63, 3.8) is 0 Å². The largest absolute Gasteiger partial charge is 0.346 e. The number of nitrogens with one attached hydrogen (secondary N) is 1. The maximum atomic E-state index is 5.15. The van der Waals surface area contributed by atoms with Gasteiger partial charge in [-0.05, 0) is 65.1 Å². The zero-order chi connectivity index (χ0) is 18.6. The summed E-state index contributed by atoms with van der Waals surface area (Å²) < 4.78 is 0. The van der Waals surface area contributed by atoms with Gasteiger partial charge in [-0.1, -0.05) is 48.6 Å². The number of allylic oxidation sites excluding steroid dienone is 2. The fourth-order valence-electron chi connectivity index (χ4n) is 4.05. The van der Waals surface area contributed by atoms with Crippen molar-refractivity contribution < 1.29 is 0 Å². The highest BCUT2D eigenvalue weighted by atomic mass is 15.4. The molecule has 0 spiro atoms. The van der Waals surface area contributed by atoms with Crippen molar-refractivity contribution in [1.29, 1.82) is 0 Å². The van der Waals surface area contributed by atoms with Crippen LogP contribution in [0.15, 0.2) is 59.7 Å². The summed E-state index contributed by atoms with van der Waals surface area (Å²) >= 11 is 0. The highest BCUT2D eigenvalue weighted by Crippen LogP contribution is 2.38. The summed E-state index contributed by atoms with van der Waals surface area (Å²) in [4.78, 5) is 5.88. The van der Waals surface area contributed by atoms with E-state index < -0.39 is 0 Å². The third-order valence-corrected chi connectivity index (χ3v) is 5.45. The second-order valence-electron chi connectivity index (χ2n) is 7.10. The first-order valence-corrected chi connectivity index (χ1v) is 9.55. The molecule has 5 rings (SSSR count). The zero-order valence-corrected chi connectivity index (χ0v) is 15.7. The van der Waals surface area contributed by atoms with Crippen molar-refractivity contribution >= 4 is 12.3 Å². The van der Waals surface area contributed by atoms with Crippen molar-refractivity contribution in [3.05, 3.63) is 77.0 Å². The average Bonchev–Trinajstić information content (AvgIpc) is 2.74. The Bertz CT molecular complexity index is 911. The Kier molecular flexibility index (Phi) is 5.19. The molecule has 2 aliphatic carbocycles. The van der Waals surface area contributed by atoms with Crippen LogP contribution in [0.1, 0.15) is 28.7 Å². The van der Waals surface area contributed by atoms with Gasteiger partial charge in [0.15, 0.2) is 6.29 Å². The lowest BCUT2D eigenvalue weighted by Crippen LogP contribution is -2.44. The molecular formula is C23H26N4. The van der Waals surface area contributed by atoms with Crippen molar-refractivity contribution in [2.75, 3.05) is 7.05 Å². The molecule has 3 aliphatic rings. The van der Waals surface area contributed by atoms with E-state index in [2.05, 4.69) is 59.0 Å². The first-order chi connectivity index (χ1) is 13.3. The number of rotatable bonds is 1. The van der Waals surface area contributed by atoms with E-state index in [-0.39, 0.29) is 6.29 Å². The summed E-state index contributed by atoms with van der Waals surface area (Å²) in [5.41, 5.74) is 11.6. The Morgan fingerprint density at radius 2 is 1.93 bits per heavy atom. The van der Waals surface area contributed by atoms with E-state index in [1.165, 1.54) is 47.9 Å². The minimum atomic E-state index is -0.102. The van der Waals surface area contributed by atoms with Gasteiger partial charge in [0.2, 0.25) is 0 Å². The van der Waals surface area contributed by atoms with E-state index in [4.69, 9.17) is 5.84 Å². The van der Waals surface area contributed by atoms with Gasteiger partial charge in [0, 0.05) is 19.5 Å². The highest BCUT2D eigenvalue weighted by molar-refractivity contribution is 5.77. The summed E-state index contributed by atoms with van der Waals surface area (Å²) in [7, 11) is 1.90. The summed E-state index contributed by atoms with van der Waals surface area (Å²) in [5.74, 6) is 5.15. The lowest BCUT2D eigenvalue weighted by Gasteiger charge is -2.25. The van der Waals surface area contributed by atoms with Crippen molar-refractivity contribution in [1.82, 2.24) is 10.3 Å². The van der Waals surface area contributed by atoms with Crippen LogP contribution in [0.2, 0.25) is 0 Å². The van der Waals surface area contributed by atoms with E-state index in [1.54, 1.807) is 17.3 Å². The maximum Gasteiger partial charge on any atom is 0.187 e. The smallest absolute Gasteiger partial charge is 0.187 e. The highest BCUT2D eigenvalue weighted by Gasteiger charge is 2.20. The van der Waals surface area contributed by atoms with Gasteiger partial charge in [0.1, 0.15) is 0 Å². The molecule has 4 heteroatoms. The maximum absolute atomic E-state index is 5.15. The van der Waals surface area contributed by atoms with Crippen LogP contribution in [-0.2, 0) is 19.3 Å². The molecule has 0 bridgehead atoms. The van der Waals surface area contributed by atoms with Gasteiger partial charge < -0.3 is 4.90 Å². The number of benzene rings is 2. The molecule has 1 atom stereocenters. The molecule has 0 saturated heterocycles. The Labute approximate surface area is 161 Å². The molecule has 27 heavy (non-hydrogen) atoms.